The van der Waals surface area contributed by atoms with Gasteiger partial charge in [0, 0.05) is 55.4 Å². The number of pyridine rings is 2. The van der Waals surface area contributed by atoms with Gasteiger partial charge in [0.2, 0.25) is 11.8 Å². The van der Waals surface area contributed by atoms with Gasteiger partial charge >= 0.3 is 0 Å². The Hall–Kier alpha value is -6.54. The molecule has 9 aromatic rings. The second-order valence-electron chi connectivity index (χ2n) is 12.4. The number of furan rings is 1. The third-order valence-electron chi connectivity index (χ3n) is 8.98. The highest BCUT2D eigenvalue weighted by Crippen LogP contribution is 2.43. The molecule has 53 heavy (non-hydrogen) atoms. The normalized spacial score (nSPS) is 11.0. The molecule has 5 aromatic heterocycles. The quantitative estimate of drug-likeness (QED) is 0.141. The molecule has 0 radical (unpaired) electrons. The van der Waals surface area contributed by atoms with Gasteiger partial charge in [-0.1, -0.05) is 84.9 Å². The first kappa shape index (κ1) is 32.4. The fourth-order valence-corrected chi connectivity index (χ4v) is 8.42. The minimum Gasteiger partial charge on any atom is -0.424 e. The van der Waals surface area contributed by atoms with Crippen molar-refractivity contribution in [3.63, 3.8) is 0 Å². The van der Waals surface area contributed by atoms with Crippen molar-refractivity contribution in [1.82, 2.24) is 9.97 Å². The molecule has 0 unspecified atom stereocenters. The van der Waals surface area contributed by atoms with Gasteiger partial charge in [-0.2, -0.15) is 0 Å². The van der Waals surface area contributed by atoms with E-state index in [0.29, 0.717) is 11.8 Å². The van der Waals surface area contributed by atoms with Crippen molar-refractivity contribution in [3.05, 3.63) is 195 Å². The highest BCUT2D eigenvalue weighted by atomic mass is 32.1. The Morgan fingerprint density at radius 2 is 0.717 bits per heavy atom. The minimum absolute atomic E-state index is 0.667. The molecule has 7 heteroatoms. The van der Waals surface area contributed by atoms with Crippen molar-refractivity contribution >= 4 is 57.2 Å². The number of anilines is 6. The van der Waals surface area contributed by atoms with E-state index in [1.54, 1.807) is 35.1 Å². The average molecular weight is 721 g/mol. The molecule has 0 aliphatic carbocycles. The van der Waals surface area contributed by atoms with Crippen LogP contribution in [-0.2, 0) is 0 Å². The lowest BCUT2D eigenvalue weighted by molar-refractivity contribution is 0.580. The van der Waals surface area contributed by atoms with E-state index in [2.05, 4.69) is 141 Å². The molecular formula is C46H32N4OS2. The van der Waals surface area contributed by atoms with Crippen LogP contribution in [0.15, 0.2) is 199 Å². The standard InChI is InChI=1S/C46H32N4OS2/c1-3-9-33(10-4-1)41-23-25-43(52-41)35-15-19-37(20-16-35)49(39-13-7-29-47-31-39)45-27-28-46(51-45)50(40-14-8-30-48-32-40)38-21-17-36(18-22-38)44-26-24-42(53-44)34-11-5-2-6-12-34/h1-32H. The number of benzene rings is 4. The molecule has 4 aromatic carbocycles. The molecule has 0 bridgehead atoms. The molecule has 254 valence electrons. The number of thiophene rings is 2. The summed E-state index contributed by atoms with van der Waals surface area (Å²) >= 11 is 3.59. The summed E-state index contributed by atoms with van der Waals surface area (Å²) in [6.45, 7) is 0. The molecule has 0 saturated heterocycles. The zero-order valence-corrected chi connectivity index (χ0v) is 30.1. The van der Waals surface area contributed by atoms with Crippen molar-refractivity contribution in [1.29, 1.82) is 0 Å². The Kier molecular flexibility index (Phi) is 8.92. The SMILES string of the molecule is c1ccc(-c2ccc(-c3ccc(N(c4cccnc4)c4ccc(N(c5ccc(-c6ccc(-c7ccccc7)s6)cc5)c5cccnc5)o4)cc3)s2)cc1. The maximum Gasteiger partial charge on any atom is 0.207 e. The van der Waals surface area contributed by atoms with Gasteiger partial charge in [-0.3, -0.25) is 19.8 Å². The van der Waals surface area contributed by atoms with Gasteiger partial charge in [0.1, 0.15) is 0 Å². The fraction of sp³-hybridized carbons (Fsp3) is 0. The number of hydrogen-bond donors (Lipinski definition) is 0. The lowest BCUT2D eigenvalue weighted by atomic mass is 10.1. The van der Waals surface area contributed by atoms with Crippen molar-refractivity contribution < 1.29 is 4.42 Å². The summed E-state index contributed by atoms with van der Waals surface area (Å²) in [5.74, 6) is 1.33. The summed E-state index contributed by atoms with van der Waals surface area (Å²) in [5.41, 5.74) is 8.50. The maximum absolute atomic E-state index is 6.76. The summed E-state index contributed by atoms with van der Waals surface area (Å²) in [5, 5.41) is 0. The van der Waals surface area contributed by atoms with E-state index in [1.165, 1.54) is 30.6 Å². The number of hydrogen-bond acceptors (Lipinski definition) is 7. The van der Waals surface area contributed by atoms with Gasteiger partial charge in [0.05, 0.1) is 23.8 Å². The van der Waals surface area contributed by atoms with E-state index in [9.17, 15) is 0 Å². The Morgan fingerprint density at radius 3 is 1.08 bits per heavy atom. The average Bonchev–Trinajstić information content (AvgIpc) is 4.03. The predicted molar refractivity (Wildman–Crippen MR) is 221 cm³/mol. The summed E-state index contributed by atoms with van der Waals surface area (Å²) in [7, 11) is 0. The highest BCUT2D eigenvalue weighted by molar-refractivity contribution is 7.19. The van der Waals surface area contributed by atoms with Crippen LogP contribution in [-0.4, -0.2) is 9.97 Å². The smallest absolute Gasteiger partial charge is 0.207 e. The van der Waals surface area contributed by atoms with Crippen molar-refractivity contribution in [3.8, 4) is 41.8 Å². The zero-order valence-electron chi connectivity index (χ0n) is 28.5. The van der Waals surface area contributed by atoms with Crippen LogP contribution in [0.4, 0.5) is 34.5 Å². The number of nitrogens with zero attached hydrogens (tertiary/aromatic N) is 4. The fourth-order valence-electron chi connectivity index (χ4n) is 6.39. The highest BCUT2D eigenvalue weighted by Gasteiger charge is 2.22. The third-order valence-corrected chi connectivity index (χ3v) is 11.3. The van der Waals surface area contributed by atoms with Gasteiger partial charge in [-0.25, -0.2) is 0 Å². The van der Waals surface area contributed by atoms with E-state index in [1.807, 2.05) is 60.9 Å². The van der Waals surface area contributed by atoms with Gasteiger partial charge in [0.25, 0.3) is 0 Å². The summed E-state index contributed by atoms with van der Waals surface area (Å²) in [6, 6.07) is 59.0. The Bertz CT molecular complexity index is 2370. The number of aromatic nitrogens is 2. The first-order valence-corrected chi connectivity index (χ1v) is 18.9. The van der Waals surface area contributed by atoms with Gasteiger partial charge in [-0.15, -0.1) is 22.7 Å². The molecule has 0 saturated carbocycles. The Morgan fingerprint density at radius 1 is 0.340 bits per heavy atom. The lowest BCUT2D eigenvalue weighted by Crippen LogP contribution is -2.10. The van der Waals surface area contributed by atoms with Gasteiger partial charge in [-0.05, 0) is 95.1 Å². The first-order valence-electron chi connectivity index (χ1n) is 17.3. The monoisotopic (exact) mass is 720 g/mol. The first-order chi connectivity index (χ1) is 26.3. The summed E-state index contributed by atoms with van der Waals surface area (Å²) in [4.78, 5) is 18.0. The second-order valence-corrected chi connectivity index (χ2v) is 14.5. The van der Waals surface area contributed by atoms with E-state index < -0.39 is 0 Å². The van der Waals surface area contributed by atoms with Crippen LogP contribution in [0.5, 0.6) is 0 Å². The molecule has 0 amide bonds. The van der Waals surface area contributed by atoms with E-state index in [0.717, 1.165) is 33.9 Å². The molecule has 5 nitrogen and oxygen atoms in total. The molecule has 9 rings (SSSR count). The molecule has 0 atom stereocenters. The minimum atomic E-state index is 0.667. The van der Waals surface area contributed by atoms with Gasteiger partial charge < -0.3 is 4.42 Å². The van der Waals surface area contributed by atoms with Gasteiger partial charge in [0.15, 0.2) is 0 Å². The molecule has 5 heterocycles. The molecule has 0 spiro atoms. The number of rotatable bonds is 10. The van der Waals surface area contributed by atoms with E-state index >= 15 is 0 Å². The largest absolute Gasteiger partial charge is 0.424 e. The van der Waals surface area contributed by atoms with Crippen LogP contribution in [0.3, 0.4) is 0 Å². The van der Waals surface area contributed by atoms with Crippen molar-refractivity contribution in [2.24, 2.45) is 0 Å². The second kappa shape index (κ2) is 14.6. The van der Waals surface area contributed by atoms with E-state index in [4.69, 9.17) is 4.42 Å². The molecule has 0 fully saturated rings. The summed E-state index contributed by atoms with van der Waals surface area (Å²) in [6.07, 6.45) is 7.28. The van der Waals surface area contributed by atoms with Crippen molar-refractivity contribution in [2.75, 3.05) is 9.80 Å². The van der Waals surface area contributed by atoms with Crippen LogP contribution in [0.1, 0.15) is 0 Å². The molecule has 0 aliphatic rings. The van der Waals surface area contributed by atoms with Crippen LogP contribution in [0, 0.1) is 0 Å². The van der Waals surface area contributed by atoms with Crippen LogP contribution >= 0.6 is 22.7 Å². The Balaban J connectivity index is 1.03. The van der Waals surface area contributed by atoms with Crippen LogP contribution < -0.4 is 9.80 Å². The molecular weight excluding hydrogens is 689 g/mol. The van der Waals surface area contributed by atoms with Crippen molar-refractivity contribution in [2.45, 2.75) is 0 Å². The lowest BCUT2D eigenvalue weighted by Gasteiger charge is -2.24. The van der Waals surface area contributed by atoms with E-state index in [-0.39, 0.29) is 0 Å². The summed E-state index contributed by atoms with van der Waals surface area (Å²) < 4.78 is 6.76. The Labute approximate surface area is 316 Å². The van der Waals surface area contributed by atoms with Crippen LogP contribution in [0.2, 0.25) is 0 Å². The maximum atomic E-state index is 6.76. The predicted octanol–water partition coefficient (Wildman–Crippen LogP) is 13.8. The third kappa shape index (κ3) is 6.79. The van der Waals surface area contributed by atoms with Crippen LogP contribution in [0.25, 0.3) is 41.8 Å². The molecule has 0 aliphatic heterocycles. The zero-order chi connectivity index (χ0) is 35.4. The topological polar surface area (TPSA) is 45.4 Å². The molecule has 0 N–H and O–H groups in total.